The quantitative estimate of drug-likeness (QED) is 0.673. The van der Waals surface area contributed by atoms with Crippen molar-refractivity contribution < 1.29 is 5.11 Å². The van der Waals surface area contributed by atoms with Crippen LogP contribution < -0.4 is 0 Å². The number of aromatic hydroxyl groups is 1. The van der Waals surface area contributed by atoms with Gasteiger partial charge >= 0.3 is 0 Å². The van der Waals surface area contributed by atoms with Crippen LogP contribution in [-0.2, 0) is 5.41 Å². The molecule has 0 saturated heterocycles. The number of benzene rings is 1. The molecule has 0 atom stereocenters. The number of rotatable bonds is 1. The summed E-state index contributed by atoms with van der Waals surface area (Å²) in [6.45, 7) is 5.91. The van der Waals surface area contributed by atoms with E-state index in [4.69, 9.17) is 0 Å². The van der Waals surface area contributed by atoms with Crippen molar-refractivity contribution in [3.8, 4) is 5.75 Å². The Hall–Kier alpha value is -1.38. The molecule has 0 aliphatic carbocycles. The molecule has 0 unspecified atom stereocenters. The topological polar surface area (TPSA) is 49.7 Å². The van der Waals surface area contributed by atoms with Crippen molar-refractivity contribution in [2.24, 2.45) is 5.18 Å². The Kier molecular flexibility index (Phi) is 2.36. The maximum absolute atomic E-state index is 10.5. The van der Waals surface area contributed by atoms with E-state index in [0.29, 0.717) is 0 Å². The molecule has 0 aromatic heterocycles. The van der Waals surface area contributed by atoms with Crippen LogP contribution in [0.3, 0.4) is 0 Å². The fraction of sp³-hybridized carbons (Fsp3) is 0.400. The molecule has 1 aromatic carbocycles. The SMILES string of the molecule is CC(C)(C)c1cccc(O)c1N=O. The zero-order valence-corrected chi connectivity index (χ0v) is 8.03. The number of nitrogens with zero attached hydrogens (tertiary/aromatic N) is 1. The van der Waals surface area contributed by atoms with E-state index < -0.39 is 0 Å². The van der Waals surface area contributed by atoms with Gasteiger partial charge < -0.3 is 5.11 Å². The molecule has 70 valence electrons. The average Bonchev–Trinajstić information content (AvgIpc) is 2.02. The van der Waals surface area contributed by atoms with Gasteiger partial charge in [0.05, 0.1) is 0 Å². The Balaban J connectivity index is 3.37. The zero-order chi connectivity index (χ0) is 10.1. The fourth-order valence-corrected chi connectivity index (χ4v) is 1.23. The van der Waals surface area contributed by atoms with Crippen LogP contribution in [0.4, 0.5) is 5.69 Å². The van der Waals surface area contributed by atoms with Gasteiger partial charge in [0, 0.05) is 0 Å². The molecule has 0 saturated carbocycles. The van der Waals surface area contributed by atoms with Crippen molar-refractivity contribution in [3.05, 3.63) is 28.7 Å². The van der Waals surface area contributed by atoms with E-state index in [0.717, 1.165) is 5.56 Å². The minimum absolute atomic E-state index is 0.0533. The summed E-state index contributed by atoms with van der Waals surface area (Å²) in [5.41, 5.74) is 0.736. The molecule has 13 heavy (non-hydrogen) atoms. The van der Waals surface area contributed by atoms with E-state index in [1.807, 2.05) is 20.8 Å². The first-order valence-corrected chi connectivity index (χ1v) is 4.12. The van der Waals surface area contributed by atoms with Gasteiger partial charge in [-0.3, -0.25) is 0 Å². The van der Waals surface area contributed by atoms with Gasteiger partial charge in [-0.25, -0.2) is 0 Å². The van der Waals surface area contributed by atoms with E-state index >= 15 is 0 Å². The Morgan fingerprint density at radius 3 is 2.31 bits per heavy atom. The molecule has 0 amide bonds. The third kappa shape index (κ3) is 1.86. The van der Waals surface area contributed by atoms with E-state index in [1.54, 1.807) is 12.1 Å². The fourth-order valence-electron chi connectivity index (χ4n) is 1.23. The van der Waals surface area contributed by atoms with Crippen molar-refractivity contribution in [2.75, 3.05) is 0 Å². The van der Waals surface area contributed by atoms with Crippen molar-refractivity contribution in [3.63, 3.8) is 0 Å². The van der Waals surface area contributed by atoms with Crippen LogP contribution >= 0.6 is 0 Å². The Morgan fingerprint density at radius 1 is 1.31 bits per heavy atom. The van der Waals surface area contributed by atoms with Crippen molar-refractivity contribution in [2.45, 2.75) is 26.2 Å². The summed E-state index contributed by atoms with van der Waals surface area (Å²) in [6.07, 6.45) is 0. The Morgan fingerprint density at radius 2 is 1.92 bits per heavy atom. The summed E-state index contributed by atoms with van der Waals surface area (Å²) in [5, 5.41) is 12.2. The van der Waals surface area contributed by atoms with Crippen LogP contribution in [0.2, 0.25) is 0 Å². The summed E-state index contributed by atoms with van der Waals surface area (Å²) >= 11 is 0. The molecule has 0 aliphatic rings. The number of hydrogen-bond donors (Lipinski definition) is 1. The van der Waals surface area contributed by atoms with Crippen LogP contribution in [0.15, 0.2) is 23.4 Å². The van der Waals surface area contributed by atoms with Gasteiger partial charge in [0.15, 0.2) is 5.69 Å². The Labute approximate surface area is 77.4 Å². The Bertz CT molecular complexity index is 326. The van der Waals surface area contributed by atoms with Crippen LogP contribution in [-0.4, -0.2) is 5.11 Å². The molecule has 3 nitrogen and oxygen atoms in total. The highest BCUT2D eigenvalue weighted by molar-refractivity contribution is 5.59. The van der Waals surface area contributed by atoms with Crippen LogP contribution in [0.5, 0.6) is 5.75 Å². The van der Waals surface area contributed by atoms with E-state index in [9.17, 15) is 10.0 Å². The number of nitroso groups, excluding NO2 is 1. The van der Waals surface area contributed by atoms with Gasteiger partial charge in [0.25, 0.3) is 0 Å². The molecule has 0 spiro atoms. The summed E-state index contributed by atoms with van der Waals surface area (Å²) in [7, 11) is 0. The second kappa shape index (κ2) is 3.17. The third-order valence-corrected chi connectivity index (χ3v) is 1.91. The maximum atomic E-state index is 10.5. The van der Waals surface area contributed by atoms with E-state index in [-0.39, 0.29) is 16.9 Å². The second-order valence-corrected chi connectivity index (χ2v) is 4.01. The van der Waals surface area contributed by atoms with Gasteiger partial charge in [0.1, 0.15) is 5.75 Å². The van der Waals surface area contributed by atoms with Gasteiger partial charge in [-0.1, -0.05) is 32.9 Å². The maximum Gasteiger partial charge on any atom is 0.153 e. The second-order valence-electron chi connectivity index (χ2n) is 4.01. The lowest BCUT2D eigenvalue weighted by molar-refractivity contribution is 0.473. The van der Waals surface area contributed by atoms with Gasteiger partial charge in [0.2, 0.25) is 0 Å². The monoisotopic (exact) mass is 179 g/mol. The van der Waals surface area contributed by atoms with Gasteiger partial charge in [-0.2, -0.15) is 0 Å². The highest BCUT2D eigenvalue weighted by Crippen LogP contribution is 2.37. The van der Waals surface area contributed by atoms with Crippen molar-refractivity contribution >= 4 is 5.69 Å². The molecule has 0 bridgehead atoms. The lowest BCUT2D eigenvalue weighted by Crippen LogP contribution is -2.10. The predicted octanol–water partition coefficient (Wildman–Crippen LogP) is 3.09. The largest absolute Gasteiger partial charge is 0.506 e. The van der Waals surface area contributed by atoms with E-state index in [2.05, 4.69) is 5.18 Å². The molecule has 1 N–H and O–H groups in total. The molecular weight excluding hydrogens is 166 g/mol. The molecule has 1 rings (SSSR count). The first-order valence-electron chi connectivity index (χ1n) is 4.12. The molecule has 1 aromatic rings. The van der Waals surface area contributed by atoms with Crippen LogP contribution in [0.1, 0.15) is 26.3 Å². The minimum Gasteiger partial charge on any atom is -0.506 e. The molecule has 0 heterocycles. The van der Waals surface area contributed by atoms with Gasteiger partial charge in [-0.05, 0) is 22.2 Å². The first kappa shape index (κ1) is 9.71. The average molecular weight is 179 g/mol. The third-order valence-electron chi connectivity index (χ3n) is 1.91. The highest BCUT2D eigenvalue weighted by atomic mass is 16.3. The highest BCUT2D eigenvalue weighted by Gasteiger charge is 2.20. The lowest BCUT2D eigenvalue weighted by Gasteiger charge is -2.20. The summed E-state index contributed by atoms with van der Waals surface area (Å²) in [6, 6.07) is 4.98. The molecular formula is C10H13NO2. The van der Waals surface area contributed by atoms with Crippen molar-refractivity contribution in [1.82, 2.24) is 0 Å². The number of phenolic OH excluding ortho intramolecular Hbond substituents is 1. The minimum atomic E-state index is -0.179. The normalized spacial score (nSPS) is 11.3. The summed E-state index contributed by atoms with van der Waals surface area (Å²) < 4.78 is 0. The number of hydrogen-bond acceptors (Lipinski definition) is 3. The predicted molar refractivity (Wildman–Crippen MR) is 52.3 cm³/mol. The number of phenols is 1. The zero-order valence-electron chi connectivity index (χ0n) is 8.03. The molecule has 0 aliphatic heterocycles. The summed E-state index contributed by atoms with van der Waals surface area (Å²) in [5.74, 6) is -0.0533. The lowest BCUT2D eigenvalue weighted by atomic mass is 9.86. The van der Waals surface area contributed by atoms with Gasteiger partial charge in [-0.15, -0.1) is 4.91 Å². The van der Waals surface area contributed by atoms with E-state index in [1.165, 1.54) is 6.07 Å². The van der Waals surface area contributed by atoms with Crippen LogP contribution in [0.25, 0.3) is 0 Å². The summed E-state index contributed by atoms with van der Waals surface area (Å²) in [4.78, 5) is 10.5. The molecule has 0 radical (unpaired) electrons. The van der Waals surface area contributed by atoms with Crippen LogP contribution in [0, 0.1) is 4.91 Å². The van der Waals surface area contributed by atoms with Crippen molar-refractivity contribution in [1.29, 1.82) is 0 Å². The molecule has 0 fully saturated rings. The standard InChI is InChI=1S/C10H13NO2/c1-10(2,3)7-5-4-6-8(12)9(7)11-13/h4-6,12H,1-3H3. The smallest absolute Gasteiger partial charge is 0.153 e. The first-order chi connectivity index (χ1) is 5.96. The molecule has 3 heteroatoms.